The Bertz CT molecular complexity index is 539. The molecule has 21 heavy (non-hydrogen) atoms. The summed E-state index contributed by atoms with van der Waals surface area (Å²) in [7, 11) is 0. The number of ether oxygens (including phenoxy) is 1. The highest BCUT2D eigenvalue weighted by molar-refractivity contribution is 5.26. The van der Waals surface area contributed by atoms with Gasteiger partial charge in [-0.3, -0.25) is 0 Å². The minimum Gasteiger partial charge on any atom is -0.491 e. The molecule has 1 heterocycles. The number of nitrogens with zero attached hydrogens (tertiary/aromatic N) is 2. The van der Waals surface area contributed by atoms with E-state index in [-0.39, 0.29) is 6.61 Å². The molecular weight excluding hydrogens is 270 g/mol. The van der Waals surface area contributed by atoms with Gasteiger partial charge in [0, 0.05) is 19.5 Å². The van der Waals surface area contributed by atoms with Crippen molar-refractivity contribution in [2.24, 2.45) is 0 Å². The molecule has 1 unspecified atom stereocenters. The number of hydrogen-bond acceptors (Lipinski definition) is 6. The fourth-order valence-electron chi connectivity index (χ4n) is 1.79. The first-order valence-corrected chi connectivity index (χ1v) is 7.01. The monoisotopic (exact) mass is 291 g/mol. The minimum absolute atomic E-state index is 0.260. The second-order valence-electron chi connectivity index (χ2n) is 4.97. The van der Waals surface area contributed by atoms with Gasteiger partial charge in [0.25, 0.3) is 0 Å². The summed E-state index contributed by atoms with van der Waals surface area (Å²) in [4.78, 5) is 4.11. The Balaban J connectivity index is 1.59. The van der Waals surface area contributed by atoms with E-state index in [9.17, 15) is 5.11 Å². The highest BCUT2D eigenvalue weighted by Crippen LogP contribution is 2.11. The number of aliphatic hydroxyl groups is 1. The first-order chi connectivity index (χ1) is 10.1. The van der Waals surface area contributed by atoms with E-state index in [4.69, 9.17) is 9.26 Å². The summed E-state index contributed by atoms with van der Waals surface area (Å²) in [5.74, 6) is 2.00. The summed E-state index contributed by atoms with van der Waals surface area (Å²) in [6.45, 7) is 5.19. The third-order valence-electron chi connectivity index (χ3n) is 2.93. The molecule has 6 heteroatoms. The van der Waals surface area contributed by atoms with Gasteiger partial charge in [0.05, 0.1) is 0 Å². The predicted octanol–water partition coefficient (Wildman–Crippen LogP) is 1.26. The number of hydrogen-bond donors (Lipinski definition) is 2. The van der Waals surface area contributed by atoms with Gasteiger partial charge in [-0.2, -0.15) is 4.98 Å². The van der Waals surface area contributed by atoms with Gasteiger partial charge in [-0.05, 0) is 26.0 Å². The van der Waals surface area contributed by atoms with E-state index in [1.165, 1.54) is 5.56 Å². The van der Waals surface area contributed by atoms with Gasteiger partial charge in [0.1, 0.15) is 18.5 Å². The molecular formula is C15H21N3O3. The van der Waals surface area contributed by atoms with Crippen molar-refractivity contribution in [1.29, 1.82) is 0 Å². The molecule has 0 spiro atoms. The van der Waals surface area contributed by atoms with Gasteiger partial charge in [-0.1, -0.05) is 22.9 Å². The Morgan fingerprint density at radius 2 is 2.05 bits per heavy atom. The fraction of sp³-hybridized carbons (Fsp3) is 0.467. The van der Waals surface area contributed by atoms with Crippen LogP contribution in [0.15, 0.2) is 28.8 Å². The van der Waals surface area contributed by atoms with E-state index in [1.54, 1.807) is 6.92 Å². The second kappa shape index (κ2) is 7.75. The lowest BCUT2D eigenvalue weighted by atomic mass is 10.2. The maximum absolute atomic E-state index is 9.83. The average Bonchev–Trinajstić information content (AvgIpc) is 2.89. The number of rotatable bonds is 8. The van der Waals surface area contributed by atoms with Gasteiger partial charge < -0.3 is 19.7 Å². The van der Waals surface area contributed by atoms with Gasteiger partial charge in [-0.25, -0.2) is 0 Å². The lowest BCUT2D eigenvalue weighted by Crippen LogP contribution is -2.32. The summed E-state index contributed by atoms with van der Waals surface area (Å²) in [5, 5.41) is 16.7. The van der Waals surface area contributed by atoms with Crippen LogP contribution in [0.4, 0.5) is 0 Å². The standard InChI is InChI=1S/C15H21N3O3/c1-11-3-5-14(6-4-11)20-10-13(19)9-16-8-7-15-17-12(2)18-21-15/h3-6,13,16,19H,7-10H2,1-2H3. The SMILES string of the molecule is Cc1ccc(OCC(O)CNCCc2nc(C)no2)cc1. The summed E-state index contributed by atoms with van der Waals surface area (Å²) in [5.41, 5.74) is 1.18. The van der Waals surface area contributed by atoms with E-state index in [2.05, 4.69) is 15.5 Å². The number of aliphatic hydroxyl groups excluding tert-OH is 1. The van der Waals surface area contributed by atoms with Crippen molar-refractivity contribution in [2.75, 3.05) is 19.7 Å². The van der Waals surface area contributed by atoms with Crippen LogP contribution in [-0.2, 0) is 6.42 Å². The van der Waals surface area contributed by atoms with Gasteiger partial charge >= 0.3 is 0 Å². The summed E-state index contributed by atoms with van der Waals surface area (Å²) in [6, 6.07) is 7.75. The van der Waals surface area contributed by atoms with Gasteiger partial charge in [-0.15, -0.1) is 0 Å². The topological polar surface area (TPSA) is 80.4 Å². The third-order valence-corrected chi connectivity index (χ3v) is 2.93. The molecule has 0 saturated carbocycles. The van der Waals surface area contributed by atoms with E-state index in [0.29, 0.717) is 31.2 Å². The van der Waals surface area contributed by atoms with Crippen LogP contribution >= 0.6 is 0 Å². The minimum atomic E-state index is -0.560. The summed E-state index contributed by atoms with van der Waals surface area (Å²) in [6.07, 6.45) is 0.0857. The molecule has 2 aromatic rings. The zero-order chi connectivity index (χ0) is 15.1. The molecule has 2 rings (SSSR count). The van der Waals surface area contributed by atoms with Crippen LogP contribution in [0, 0.1) is 13.8 Å². The van der Waals surface area contributed by atoms with Crippen molar-refractivity contribution in [1.82, 2.24) is 15.5 Å². The number of benzene rings is 1. The van der Waals surface area contributed by atoms with Crippen LogP contribution in [0.2, 0.25) is 0 Å². The molecule has 0 radical (unpaired) electrons. The van der Waals surface area contributed by atoms with Gasteiger partial charge in [0.15, 0.2) is 5.82 Å². The van der Waals surface area contributed by atoms with E-state index in [1.807, 2.05) is 31.2 Å². The van der Waals surface area contributed by atoms with Crippen molar-refractivity contribution in [3.8, 4) is 5.75 Å². The molecule has 1 aromatic carbocycles. The maximum atomic E-state index is 9.83. The van der Waals surface area contributed by atoms with E-state index in [0.717, 1.165) is 5.75 Å². The van der Waals surface area contributed by atoms with Crippen molar-refractivity contribution in [2.45, 2.75) is 26.4 Å². The Morgan fingerprint density at radius 3 is 2.71 bits per heavy atom. The molecule has 6 nitrogen and oxygen atoms in total. The number of aromatic nitrogens is 2. The molecule has 0 aliphatic heterocycles. The highest BCUT2D eigenvalue weighted by Gasteiger charge is 2.06. The molecule has 0 fully saturated rings. The van der Waals surface area contributed by atoms with Crippen molar-refractivity contribution in [3.63, 3.8) is 0 Å². The Labute approximate surface area is 124 Å². The molecule has 114 valence electrons. The quantitative estimate of drug-likeness (QED) is 0.713. The maximum Gasteiger partial charge on any atom is 0.227 e. The number of aryl methyl sites for hydroxylation is 2. The van der Waals surface area contributed by atoms with Crippen LogP contribution in [0.5, 0.6) is 5.75 Å². The van der Waals surface area contributed by atoms with Crippen molar-refractivity contribution >= 4 is 0 Å². The van der Waals surface area contributed by atoms with Crippen LogP contribution in [0.3, 0.4) is 0 Å². The van der Waals surface area contributed by atoms with Crippen LogP contribution < -0.4 is 10.1 Å². The van der Waals surface area contributed by atoms with Gasteiger partial charge in [0.2, 0.25) is 5.89 Å². The molecule has 0 bridgehead atoms. The zero-order valence-corrected chi connectivity index (χ0v) is 12.4. The van der Waals surface area contributed by atoms with E-state index < -0.39 is 6.10 Å². The Hall–Kier alpha value is -1.92. The highest BCUT2D eigenvalue weighted by atomic mass is 16.5. The lowest BCUT2D eigenvalue weighted by molar-refractivity contribution is 0.106. The molecule has 0 aliphatic carbocycles. The van der Waals surface area contributed by atoms with Crippen LogP contribution in [0.25, 0.3) is 0 Å². The van der Waals surface area contributed by atoms with Crippen molar-refractivity contribution < 1.29 is 14.4 Å². The Morgan fingerprint density at radius 1 is 1.29 bits per heavy atom. The molecule has 2 N–H and O–H groups in total. The second-order valence-corrected chi connectivity index (χ2v) is 4.97. The zero-order valence-electron chi connectivity index (χ0n) is 12.4. The molecule has 0 amide bonds. The normalized spacial score (nSPS) is 12.3. The molecule has 0 aliphatic rings. The molecule has 1 atom stereocenters. The largest absolute Gasteiger partial charge is 0.491 e. The Kier molecular flexibility index (Phi) is 5.71. The predicted molar refractivity (Wildman–Crippen MR) is 78.3 cm³/mol. The third kappa shape index (κ3) is 5.53. The molecule has 1 aromatic heterocycles. The lowest BCUT2D eigenvalue weighted by Gasteiger charge is -2.13. The average molecular weight is 291 g/mol. The fourth-order valence-corrected chi connectivity index (χ4v) is 1.79. The first-order valence-electron chi connectivity index (χ1n) is 7.01. The van der Waals surface area contributed by atoms with Crippen LogP contribution in [-0.4, -0.2) is 41.0 Å². The molecule has 0 saturated heterocycles. The first kappa shape index (κ1) is 15.5. The van der Waals surface area contributed by atoms with Crippen LogP contribution in [0.1, 0.15) is 17.3 Å². The summed E-state index contributed by atoms with van der Waals surface area (Å²) >= 11 is 0. The number of nitrogens with one attached hydrogen (secondary N) is 1. The van der Waals surface area contributed by atoms with Crippen molar-refractivity contribution in [3.05, 3.63) is 41.5 Å². The smallest absolute Gasteiger partial charge is 0.227 e. The summed E-state index contributed by atoms with van der Waals surface area (Å²) < 4.78 is 10.5. The van der Waals surface area contributed by atoms with E-state index >= 15 is 0 Å².